The molecule has 1 radical (unpaired) electrons. The zero-order chi connectivity index (χ0) is 5.15. The average molecular weight is 148 g/mol. The van der Waals surface area contributed by atoms with E-state index in [1.54, 1.807) is 6.92 Å². The van der Waals surface area contributed by atoms with Crippen LogP contribution in [0.2, 0.25) is 4.75 Å². The minimum absolute atomic E-state index is 0.106. The molecule has 0 rings (SSSR count). The van der Waals surface area contributed by atoms with Crippen LogP contribution in [0.5, 0.6) is 0 Å². The Morgan fingerprint density at radius 2 is 2.17 bits per heavy atom. The number of hydrogen-bond acceptors (Lipinski definition) is 1. The first-order valence-electron chi connectivity index (χ1n) is 1.70. The molecule has 6 heavy (non-hydrogen) atoms. The topological polar surface area (TPSA) is 37.3 Å². The van der Waals surface area contributed by atoms with Gasteiger partial charge < -0.3 is 0 Å². The van der Waals surface area contributed by atoms with Crippen molar-refractivity contribution in [3.8, 4) is 0 Å². The predicted octanol–water partition coefficient (Wildman–Crippen LogP) is -0.488. The summed E-state index contributed by atoms with van der Waals surface area (Å²) in [6.07, 6.45) is 0. The predicted molar refractivity (Wildman–Crippen MR) is 25.6 cm³/mol. The number of carboxylic acids is 1. The summed E-state index contributed by atoms with van der Waals surface area (Å²) in [6, 6.07) is 0. The molecule has 1 unspecified atom stereocenters. The van der Waals surface area contributed by atoms with Crippen LogP contribution in [0.25, 0.3) is 0 Å². The third kappa shape index (κ3) is 2.26. The molecule has 0 aromatic rings. The first-order valence-corrected chi connectivity index (χ1v) is 3.42. The average Bonchev–Trinajstić information content (AvgIpc) is 1.36. The Morgan fingerprint density at radius 1 is 2.00 bits per heavy atom. The van der Waals surface area contributed by atoms with E-state index in [1.807, 2.05) is 0 Å². The van der Waals surface area contributed by atoms with Crippen molar-refractivity contribution in [1.82, 2.24) is 0 Å². The van der Waals surface area contributed by atoms with Crippen LogP contribution in [-0.2, 0) is 4.79 Å². The summed E-state index contributed by atoms with van der Waals surface area (Å²) in [5, 5.41) is 8.02. The molecule has 35 valence electrons. The number of aliphatic carboxylic acids is 1. The quantitative estimate of drug-likeness (QED) is 0.509. The first-order chi connectivity index (χ1) is 2.64. The second kappa shape index (κ2) is 2.23. The normalized spacial score (nSPS) is 13.7. The molecule has 0 bridgehead atoms. The van der Waals surface area contributed by atoms with Gasteiger partial charge in [-0.1, -0.05) is 0 Å². The molecule has 0 aromatic heterocycles. The van der Waals surface area contributed by atoms with Gasteiger partial charge in [0.1, 0.15) is 0 Å². The molecular weight excluding hydrogens is 141 g/mol. The molecule has 0 fully saturated rings. The van der Waals surface area contributed by atoms with Crippen LogP contribution in [0.4, 0.5) is 0 Å². The SMILES string of the molecule is C[CH]([GeH2])C(=O)O. The number of carbonyl (C=O) groups is 1. The summed E-state index contributed by atoms with van der Waals surface area (Å²) in [7, 11) is 0. The van der Waals surface area contributed by atoms with Gasteiger partial charge in [0.25, 0.3) is 0 Å². The Kier molecular flexibility index (Phi) is 2.24. The van der Waals surface area contributed by atoms with E-state index < -0.39 is 5.97 Å². The Morgan fingerprint density at radius 3 is 2.17 bits per heavy atom. The second-order valence-corrected chi connectivity index (χ2v) is 3.81. The van der Waals surface area contributed by atoms with Crippen LogP contribution in [-0.4, -0.2) is 27.6 Å². The van der Waals surface area contributed by atoms with E-state index in [-0.39, 0.29) is 4.75 Å². The Balaban J connectivity index is 3.26. The number of carboxylic acid groups (broad SMARTS) is 1. The molecule has 3 heteroatoms. The van der Waals surface area contributed by atoms with Gasteiger partial charge in [0, 0.05) is 0 Å². The van der Waals surface area contributed by atoms with Gasteiger partial charge in [-0.2, -0.15) is 0 Å². The molecule has 0 saturated carbocycles. The van der Waals surface area contributed by atoms with Gasteiger partial charge in [-0.05, 0) is 0 Å². The standard InChI is InChI=1S/C3H7GeO2/c1-2(4)3(5)6/h2H,4H2,1H3,(H,5,6). The monoisotopic (exact) mass is 149 g/mol. The third-order valence-corrected chi connectivity index (χ3v) is 1.15. The van der Waals surface area contributed by atoms with Crippen molar-refractivity contribution < 1.29 is 9.90 Å². The second-order valence-electron chi connectivity index (χ2n) is 1.24. The zero-order valence-corrected chi connectivity index (χ0v) is 6.61. The fourth-order valence-electron chi connectivity index (χ4n) is 0. The van der Waals surface area contributed by atoms with E-state index in [0.717, 1.165) is 16.5 Å². The van der Waals surface area contributed by atoms with Crippen LogP contribution in [0.3, 0.4) is 0 Å². The van der Waals surface area contributed by atoms with Gasteiger partial charge in [-0.15, -0.1) is 0 Å². The van der Waals surface area contributed by atoms with Crippen molar-refractivity contribution in [1.29, 1.82) is 0 Å². The third-order valence-electron chi connectivity index (χ3n) is 0.422. The fraction of sp³-hybridized carbons (Fsp3) is 0.667. The Hall–Kier alpha value is 0.0129. The van der Waals surface area contributed by atoms with Crippen molar-refractivity contribution >= 4 is 22.5 Å². The van der Waals surface area contributed by atoms with Gasteiger partial charge >= 0.3 is 44.1 Å². The van der Waals surface area contributed by atoms with Crippen molar-refractivity contribution in [2.45, 2.75) is 11.7 Å². The van der Waals surface area contributed by atoms with Gasteiger partial charge in [0.05, 0.1) is 0 Å². The number of rotatable bonds is 1. The molecule has 0 aliphatic heterocycles. The maximum absolute atomic E-state index is 9.73. The molecule has 1 atom stereocenters. The molecule has 0 aliphatic rings. The van der Waals surface area contributed by atoms with Gasteiger partial charge in [-0.3, -0.25) is 0 Å². The zero-order valence-electron chi connectivity index (χ0n) is 3.64. The molecule has 0 heterocycles. The number of hydrogen-bond donors (Lipinski definition) is 1. The molecule has 0 aliphatic carbocycles. The summed E-state index contributed by atoms with van der Waals surface area (Å²) in [5.41, 5.74) is 0. The molecule has 1 N–H and O–H groups in total. The fourth-order valence-corrected chi connectivity index (χ4v) is 0. The van der Waals surface area contributed by atoms with E-state index in [4.69, 9.17) is 5.11 Å². The van der Waals surface area contributed by atoms with Gasteiger partial charge in [0.15, 0.2) is 0 Å². The van der Waals surface area contributed by atoms with E-state index in [1.165, 1.54) is 0 Å². The van der Waals surface area contributed by atoms with E-state index in [2.05, 4.69) is 0 Å². The van der Waals surface area contributed by atoms with Crippen molar-refractivity contribution in [3.05, 3.63) is 0 Å². The summed E-state index contributed by atoms with van der Waals surface area (Å²) in [4.78, 5) is 9.73. The van der Waals surface area contributed by atoms with Crippen LogP contribution in [0, 0.1) is 0 Å². The molecule has 0 saturated heterocycles. The summed E-state index contributed by atoms with van der Waals surface area (Å²) >= 11 is 0.843. The Bertz CT molecular complexity index is 59.8. The van der Waals surface area contributed by atoms with Crippen molar-refractivity contribution in [2.75, 3.05) is 0 Å². The first kappa shape index (κ1) is 6.01. The molecule has 0 amide bonds. The molecule has 0 spiro atoms. The molecular formula is C3H7GeO2. The molecule has 2 nitrogen and oxygen atoms in total. The maximum atomic E-state index is 9.73. The summed E-state index contributed by atoms with van der Waals surface area (Å²) < 4.78 is -0.106. The van der Waals surface area contributed by atoms with Crippen LogP contribution in [0.1, 0.15) is 6.92 Å². The van der Waals surface area contributed by atoms with Crippen LogP contribution in [0.15, 0.2) is 0 Å². The Labute approximate surface area is 44.8 Å². The van der Waals surface area contributed by atoms with Crippen molar-refractivity contribution in [3.63, 3.8) is 0 Å². The van der Waals surface area contributed by atoms with Gasteiger partial charge in [-0.25, -0.2) is 0 Å². The summed E-state index contributed by atoms with van der Waals surface area (Å²) in [6.45, 7) is 1.70. The van der Waals surface area contributed by atoms with E-state index in [9.17, 15) is 4.79 Å². The van der Waals surface area contributed by atoms with Gasteiger partial charge in [0.2, 0.25) is 0 Å². The minimum atomic E-state index is -0.685. The van der Waals surface area contributed by atoms with E-state index in [0.29, 0.717) is 0 Å². The van der Waals surface area contributed by atoms with E-state index >= 15 is 0 Å². The van der Waals surface area contributed by atoms with Crippen molar-refractivity contribution in [2.24, 2.45) is 0 Å². The van der Waals surface area contributed by atoms with Crippen LogP contribution >= 0.6 is 0 Å². The van der Waals surface area contributed by atoms with Crippen LogP contribution < -0.4 is 0 Å². The summed E-state index contributed by atoms with van der Waals surface area (Å²) in [5.74, 6) is -0.685. The molecule has 0 aromatic carbocycles.